The molecule has 0 radical (unpaired) electrons. The summed E-state index contributed by atoms with van der Waals surface area (Å²) in [5, 5.41) is 0. The van der Waals surface area contributed by atoms with Gasteiger partial charge in [-0.15, -0.1) is 0 Å². The highest BCUT2D eigenvalue weighted by Gasteiger charge is 2.08. The van der Waals surface area contributed by atoms with E-state index in [1.54, 1.807) is 0 Å². The summed E-state index contributed by atoms with van der Waals surface area (Å²) in [5.41, 5.74) is 0. The third-order valence-electron chi connectivity index (χ3n) is 5.37. The molecule has 0 saturated carbocycles. The molecule has 1 nitrogen and oxygen atoms in total. The maximum absolute atomic E-state index is 5.60. The minimum absolute atomic E-state index is 0.829. The first-order chi connectivity index (χ1) is 11.5. The topological polar surface area (TPSA) is 9.23 Å². The smallest absolute Gasteiger partial charge is 0.0468 e. The first kappa shape index (κ1) is 24.0. The first-order valence-corrected chi connectivity index (χ1v) is 11.0. The summed E-state index contributed by atoms with van der Waals surface area (Å²) in [4.78, 5) is 0. The second kappa shape index (κ2) is 16.4. The maximum Gasteiger partial charge on any atom is 0.0468 e. The van der Waals surface area contributed by atoms with Crippen molar-refractivity contribution in [3.8, 4) is 0 Å². The maximum atomic E-state index is 5.60. The van der Waals surface area contributed by atoms with Crippen LogP contribution < -0.4 is 0 Å². The Balaban J connectivity index is 3.47. The van der Waals surface area contributed by atoms with Crippen LogP contribution in [0.2, 0.25) is 0 Å². The van der Waals surface area contributed by atoms with E-state index in [9.17, 15) is 0 Å². The summed E-state index contributed by atoms with van der Waals surface area (Å²) in [6.07, 6.45) is 15.2. The van der Waals surface area contributed by atoms with Crippen LogP contribution in [0.25, 0.3) is 0 Å². The van der Waals surface area contributed by atoms with Crippen molar-refractivity contribution in [2.45, 2.75) is 112 Å². The van der Waals surface area contributed by atoms with Crippen LogP contribution in [0.15, 0.2) is 0 Å². The van der Waals surface area contributed by atoms with Crippen LogP contribution in [0.5, 0.6) is 0 Å². The fraction of sp³-hybridized carbons (Fsp3) is 1.00. The van der Waals surface area contributed by atoms with Gasteiger partial charge >= 0.3 is 0 Å². The Hall–Kier alpha value is -0.0400. The zero-order valence-electron chi connectivity index (χ0n) is 17.9. The molecule has 0 spiro atoms. The van der Waals surface area contributed by atoms with E-state index in [-0.39, 0.29) is 0 Å². The minimum Gasteiger partial charge on any atom is -0.381 e. The van der Waals surface area contributed by atoms with Crippen molar-refractivity contribution in [3.63, 3.8) is 0 Å². The van der Waals surface area contributed by atoms with Crippen LogP contribution in [-0.4, -0.2) is 13.2 Å². The fourth-order valence-electron chi connectivity index (χ4n) is 3.47. The van der Waals surface area contributed by atoms with Crippen molar-refractivity contribution in [3.05, 3.63) is 0 Å². The standard InChI is InChI=1S/C23H48O/c1-7-18-24-19-17-23(6)16-10-15-22(5)14-9-13-21(4)12-8-11-20(2)3/h20-23H,7-19H2,1-6H3. The van der Waals surface area contributed by atoms with Gasteiger partial charge in [-0.1, -0.05) is 99.3 Å². The molecule has 0 aromatic heterocycles. The van der Waals surface area contributed by atoms with Crippen molar-refractivity contribution < 1.29 is 4.74 Å². The fourth-order valence-corrected chi connectivity index (χ4v) is 3.47. The molecule has 0 aliphatic rings. The first-order valence-electron chi connectivity index (χ1n) is 11.0. The van der Waals surface area contributed by atoms with Crippen LogP contribution in [0, 0.1) is 23.7 Å². The summed E-state index contributed by atoms with van der Waals surface area (Å²) >= 11 is 0. The van der Waals surface area contributed by atoms with E-state index >= 15 is 0 Å². The highest BCUT2D eigenvalue weighted by Crippen LogP contribution is 2.22. The second-order valence-electron chi connectivity index (χ2n) is 8.90. The molecule has 0 aromatic rings. The van der Waals surface area contributed by atoms with Gasteiger partial charge in [0.15, 0.2) is 0 Å². The molecule has 1 heteroatoms. The largest absolute Gasteiger partial charge is 0.381 e. The quantitative estimate of drug-likeness (QED) is 0.245. The van der Waals surface area contributed by atoms with Gasteiger partial charge in [-0.2, -0.15) is 0 Å². The highest BCUT2D eigenvalue weighted by atomic mass is 16.5. The number of ether oxygens (including phenoxy) is 1. The second-order valence-corrected chi connectivity index (χ2v) is 8.90. The zero-order chi connectivity index (χ0) is 18.2. The Labute approximate surface area is 154 Å². The lowest BCUT2D eigenvalue weighted by Crippen LogP contribution is -2.04. The summed E-state index contributed by atoms with van der Waals surface area (Å²) in [6.45, 7) is 16.0. The molecule has 0 heterocycles. The molecule has 0 amide bonds. The van der Waals surface area contributed by atoms with Crippen LogP contribution in [-0.2, 0) is 4.74 Å². The molecule has 0 aliphatic carbocycles. The summed E-state index contributed by atoms with van der Waals surface area (Å²) in [5.74, 6) is 3.54. The molecule has 0 aliphatic heterocycles. The summed E-state index contributed by atoms with van der Waals surface area (Å²) in [7, 11) is 0. The lowest BCUT2D eigenvalue weighted by molar-refractivity contribution is 0.121. The monoisotopic (exact) mass is 340 g/mol. The van der Waals surface area contributed by atoms with E-state index in [1.165, 1.54) is 64.2 Å². The normalized spacial score (nSPS) is 15.6. The Morgan fingerprint density at radius 2 is 0.958 bits per heavy atom. The number of hydrogen-bond acceptors (Lipinski definition) is 1. The molecule has 0 N–H and O–H groups in total. The summed E-state index contributed by atoms with van der Waals surface area (Å²) < 4.78 is 5.60. The molecule has 24 heavy (non-hydrogen) atoms. The van der Waals surface area contributed by atoms with Crippen LogP contribution in [0.3, 0.4) is 0 Å². The van der Waals surface area contributed by atoms with Gasteiger partial charge in [0.1, 0.15) is 0 Å². The van der Waals surface area contributed by atoms with Crippen molar-refractivity contribution >= 4 is 0 Å². The molecule has 146 valence electrons. The van der Waals surface area contributed by atoms with Crippen molar-refractivity contribution in [2.75, 3.05) is 13.2 Å². The summed E-state index contributed by atoms with van der Waals surface area (Å²) in [6, 6.07) is 0. The van der Waals surface area contributed by atoms with Crippen molar-refractivity contribution in [1.82, 2.24) is 0 Å². The SMILES string of the molecule is CCCOCCC(C)CCCC(C)CCCC(C)CCCC(C)C. The van der Waals surface area contributed by atoms with Gasteiger partial charge in [-0.25, -0.2) is 0 Å². The molecule has 3 unspecified atom stereocenters. The van der Waals surface area contributed by atoms with E-state index in [4.69, 9.17) is 4.74 Å². The van der Waals surface area contributed by atoms with Gasteiger partial charge in [-0.05, 0) is 36.5 Å². The molecule has 3 atom stereocenters. The van der Waals surface area contributed by atoms with E-state index < -0.39 is 0 Å². The molecule has 0 saturated heterocycles. The van der Waals surface area contributed by atoms with Crippen molar-refractivity contribution in [1.29, 1.82) is 0 Å². The van der Waals surface area contributed by atoms with E-state index in [0.29, 0.717) is 0 Å². The molecular weight excluding hydrogens is 292 g/mol. The van der Waals surface area contributed by atoms with Gasteiger partial charge in [-0.3, -0.25) is 0 Å². The predicted molar refractivity (Wildman–Crippen MR) is 110 cm³/mol. The minimum atomic E-state index is 0.829. The third kappa shape index (κ3) is 16.8. The number of hydrogen-bond donors (Lipinski definition) is 0. The van der Waals surface area contributed by atoms with Gasteiger partial charge in [0, 0.05) is 13.2 Å². The average Bonchev–Trinajstić information content (AvgIpc) is 2.51. The highest BCUT2D eigenvalue weighted by molar-refractivity contribution is 4.61. The van der Waals surface area contributed by atoms with Gasteiger partial charge in [0.2, 0.25) is 0 Å². The lowest BCUT2D eigenvalue weighted by Gasteiger charge is -2.16. The molecule has 0 rings (SSSR count). The molecule has 0 fully saturated rings. The Bertz CT molecular complexity index is 248. The Morgan fingerprint density at radius 3 is 1.38 bits per heavy atom. The lowest BCUT2D eigenvalue weighted by atomic mass is 9.91. The number of rotatable bonds is 17. The van der Waals surface area contributed by atoms with E-state index in [2.05, 4.69) is 41.5 Å². The molecule has 0 aromatic carbocycles. The van der Waals surface area contributed by atoms with Crippen molar-refractivity contribution in [2.24, 2.45) is 23.7 Å². The predicted octanol–water partition coefficient (Wildman–Crippen LogP) is 7.88. The van der Waals surface area contributed by atoms with Gasteiger partial charge < -0.3 is 4.74 Å². The molecule has 0 bridgehead atoms. The van der Waals surface area contributed by atoms with Gasteiger partial charge in [0.25, 0.3) is 0 Å². The molecular formula is C23H48O. The Morgan fingerprint density at radius 1 is 0.542 bits per heavy atom. The zero-order valence-corrected chi connectivity index (χ0v) is 17.9. The van der Waals surface area contributed by atoms with E-state index in [0.717, 1.165) is 43.3 Å². The Kier molecular flexibility index (Phi) is 16.4. The average molecular weight is 341 g/mol. The van der Waals surface area contributed by atoms with Gasteiger partial charge in [0.05, 0.1) is 0 Å². The van der Waals surface area contributed by atoms with Crippen LogP contribution in [0.1, 0.15) is 112 Å². The van der Waals surface area contributed by atoms with Crippen LogP contribution >= 0.6 is 0 Å². The van der Waals surface area contributed by atoms with E-state index in [1.807, 2.05) is 0 Å². The van der Waals surface area contributed by atoms with Crippen LogP contribution in [0.4, 0.5) is 0 Å². The third-order valence-corrected chi connectivity index (χ3v) is 5.37.